The number of nitriles is 1. The predicted molar refractivity (Wildman–Crippen MR) is 135 cm³/mol. The molecular formula is C28H25N3O6. The normalized spacial score (nSPS) is 14.2. The molecule has 4 rings (SSSR count). The molecule has 1 heterocycles. The highest BCUT2D eigenvalue weighted by atomic mass is 16.6. The van der Waals surface area contributed by atoms with Crippen LogP contribution in [0.5, 0.6) is 17.2 Å². The number of unbranched alkanes of at least 4 members (excludes halogenated alkanes) is 2. The van der Waals surface area contributed by atoms with Gasteiger partial charge in [-0.3, -0.25) is 10.1 Å². The maximum Gasteiger partial charge on any atom is 0.343 e. The molecule has 2 N–H and O–H groups in total. The van der Waals surface area contributed by atoms with Crippen LogP contribution in [0.25, 0.3) is 0 Å². The first-order valence-corrected chi connectivity index (χ1v) is 11.8. The van der Waals surface area contributed by atoms with Crippen LogP contribution in [0.2, 0.25) is 0 Å². The Morgan fingerprint density at radius 2 is 1.78 bits per heavy atom. The van der Waals surface area contributed by atoms with E-state index in [0.29, 0.717) is 17.9 Å². The second-order valence-corrected chi connectivity index (χ2v) is 8.44. The number of hydrogen-bond donors (Lipinski definition) is 1. The Balaban J connectivity index is 1.55. The third-order valence-corrected chi connectivity index (χ3v) is 5.94. The zero-order chi connectivity index (χ0) is 26.4. The zero-order valence-corrected chi connectivity index (χ0v) is 20.2. The summed E-state index contributed by atoms with van der Waals surface area (Å²) in [4.78, 5) is 22.8. The van der Waals surface area contributed by atoms with Crippen LogP contribution in [0, 0.1) is 21.4 Å². The molecule has 0 bridgehead atoms. The van der Waals surface area contributed by atoms with Gasteiger partial charge in [-0.1, -0.05) is 38.0 Å². The van der Waals surface area contributed by atoms with Crippen molar-refractivity contribution in [2.24, 2.45) is 5.73 Å². The molecule has 9 nitrogen and oxygen atoms in total. The first-order chi connectivity index (χ1) is 17.9. The minimum atomic E-state index is -0.682. The van der Waals surface area contributed by atoms with Crippen LogP contribution in [-0.2, 0) is 0 Å². The molecule has 1 aliphatic rings. The molecular weight excluding hydrogens is 474 g/mol. The van der Waals surface area contributed by atoms with Gasteiger partial charge in [-0.05, 0) is 42.3 Å². The molecule has 0 aromatic heterocycles. The Morgan fingerprint density at radius 1 is 1.08 bits per heavy atom. The molecule has 3 aromatic rings. The smallest absolute Gasteiger partial charge is 0.343 e. The van der Waals surface area contributed by atoms with Crippen LogP contribution < -0.4 is 19.9 Å². The molecule has 0 amide bonds. The lowest BCUT2D eigenvalue weighted by atomic mass is 9.83. The Hall–Kier alpha value is -4.84. The zero-order valence-electron chi connectivity index (χ0n) is 20.2. The summed E-state index contributed by atoms with van der Waals surface area (Å²) in [5, 5.41) is 20.6. The highest BCUT2D eigenvalue weighted by Crippen LogP contribution is 2.43. The van der Waals surface area contributed by atoms with Crippen molar-refractivity contribution in [1.82, 2.24) is 0 Å². The van der Waals surface area contributed by atoms with Crippen LogP contribution in [-0.4, -0.2) is 17.5 Å². The average Bonchev–Trinajstić information content (AvgIpc) is 2.90. The standard InChI is InChI=1S/C28H25N3O6/c1-2-3-4-15-35-21-11-7-18(8-12-21)26-23-14-13-22(16-25(23)37-27(30)24(26)17-29)36-28(32)19-5-9-20(10-6-19)31(33)34/h5-14,16,26H,2-4,15,30H2,1H3. The predicted octanol–water partition coefficient (Wildman–Crippen LogP) is 5.60. The molecule has 188 valence electrons. The van der Waals surface area contributed by atoms with E-state index in [1.54, 1.807) is 12.1 Å². The van der Waals surface area contributed by atoms with Gasteiger partial charge >= 0.3 is 5.97 Å². The van der Waals surface area contributed by atoms with Gasteiger partial charge in [0.1, 0.15) is 28.9 Å². The number of carbonyl (C=O) groups is 1. The van der Waals surface area contributed by atoms with Gasteiger partial charge in [0.2, 0.25) is 5.88 Å². The van der Waals surface area contributed by atoms with Crippen molar-refractivity contribution >= 4 is 11.7 Å². The van der Waals surface area contributed by atoms with Gasteiger partial charge in [0.05, 0.1) is 23.0 Å². The molecule has 0 fully saturated rings. The van der Waals surface area contributed by atoms with Crippen molar-refractivity contribution in [2.75, 3.05) is 6.61 Å². The van der Waals surface area contributed by atoms with E-state index in [0.717, 1.165) is 30.6 Å². The number of nitro benzene ring substituents is 1. The van der Waals surface area contributed by atoms with E-state index in [-0.39, 0.29) is 28.5 Å². The van der Waals surface area contributed by atoms with Gasteiger partial charge in [0.15, 0.2) is 0 Å². The van der Waals surface area contributed by atoms with Crippen LogP contribution in [0.15, 0.2) is 78.2 Å². The van der Waals surface area contributed by atoms with Gasteiger partial charge in [-0.25, -0.2) is 4.79 Å². The summed E-state index contributed by atoms with van der Waals surface area (Å²) in [7, 11) is 0. The fourth-order valence-electron chi connectivity index (χ4n) is 4.03. The van der Waals surface area contributed by atoms with Crippen molar-refractivity contribution in [3.05, 3.63) is 105 Å². The summed E-state index contributed by atoms with van der Waals surface area (Å²) in [6, 6.07) is 19.6. The molecule has 9 heteroatoms. The number of fused-ring (bicyclic) bond motifs is 1. The van der Waals surface area contributed by atoms with Crippen molar-refractivity contribution in [3.8, 4) is 23.3 Å². The largest absolute Gasteiger partial charge is 0.494 e. The number of non-ortho nitro benzene ring substituents is 1. The quantitative estimate of drug-likeness (QED) is 0.132. The summed E-state index contributed by atoms with van der Waals surface area (Å²) in [6.45, 7) is 2.78. The van der Waals surface area contributed by atoms with Gasteiger partial charge < -0.3 is 19.9 Å². The number of nitro groups is 1. The lowest BCUT2D eigenvalue weighted by Gasteiger charge is -2.26. The number of benzene rings is 3. The lowest BCUT2D eigenvalue weighted by molar-refractivity contribution is -0.384. The van der Waals surface area contributed by atoms with Crippen molar-refractivity contribution in [2.45, 2.75) is 32.1 Å². The number of carbonyl (C=O) groups excluding carboxylic acids is 1. The van der Waals surface area contributed by atoms with Gasteiger partial charge in [-0.15, -0.1) is 0 Å². The Kier molecular flexibility index (Phi) is 7.69. The fourth-order valence-corrected chi connectivity index (χ4v) is 4.03. The van der Waals surface area contributed by atoms with E-state index in [1.807, 2.05) is 24.3 Å². The first-order valence-electron chi connectivity index (χ1n) is 11.8. The second-order valence-electron chi connectivity index (χ2n) is 8.44. The lowest BCUT2D eigenvalue weighted by Crippen LogP contribution is -2.21. The van der Waals surface area contributed by atoms with E-state index < -0.39 is 16.8 Å². The molecule has 0 radical (unpaired) electrons. The Labute approximate surface area is 213 Å². The van der Waals surface area contributed by atoms with Crippen LogP contribution in [0.1, 0.15) is 53.6 Å². The number of nitrogens with two attached hydrogens (primary N) is 1. The summed E-state index contributed by atoms with van der Waals surface area (Å²) in [6.07, 6.45) is 3.21. The van der Waals surface area contributed by atoms with Crippen molar-refractivity contribution in [3.63, 3.8) is 0 Å². The molecule has 1 aliphatic heterocycles. The number of rotatable bonds is 9. The number of nitrogens with zero attached hydrogens (tertiary/aromatic N) is 2. The van der Waals surface area contributed by atoms with E-state index in [4.69, 9.17) is 19.9 Å². The molecule has 0 saturated carbocycles. The summed E-state index contributed by atoms with van der Waals surface area (Å²) in [5.41, 5.74) is 7.92. The monoisotopic (exact) mass is 499 g/mol. The maximum atomic E-state index is 12.5. The number of allylic oxidation sites excluding steroid dienone is 1. The molecule has 0 spiro atoms. The molecule has 37 heavy (non-hydrogen) atoms. The van der Waals surface area contributed by atoms with Crippen molar-refractivity contribution in [1.29, 1.82) is 5.26 Å². The molecule has 0 saturated heterocycles. The van der Waals surface area contributed by atoms with E-state index in [1.165, 1.54) is 30.3 Å². The third kappa shape index (κ3) is 5.70. The molecule has 1 unspecified atom stereocenters. The highest BCUT2D eigenvalue weighted by molar-refractivity contribution is 5.91. The van der Waals surface area contributed by atoms with E-state index in [2.05, 4.69) is 13.0 Å². The van der Waals surface area contributed by atoms with Crippen LogP contribution in [0.4, 0.5) is 5.69 Å². The minimum Gasteiger partial charge on any atom is -0.494 e. The number of ether oxygens (including phenoxy) is 3. The Bertz CT molecular complexity index is 1370. The van der Waals surface area contributed by atoms with Crippen molar-refractivity contribution < 1.29 is 23.9 Å². The topological polar surface area (TPSA) is 138 Å². The van der Waals surface area contributed by atoms with Gasteiger partial charge in [0, 0.05) is 23.8 Å². The van der Waals surface area contributed by atoms with E-state index in [9.17, 15) is 20.2 Å². The average molecular weight is 500 g/mol. The number of hydrogen-bond acceptors (Lipinski definition) is 8. The van der Waals surface area contributed by atoms with Crippen LogP contribution in [0.3, 0.4) is 0 Å². The van der Waals surface area contributed by atoms with Gasteiger partial charge in [0.25, 0.3) is 5.69 Å². The SMILES string of the molecule is CCCCCOc1ccc(C2C(C#N)=C(N)Oc3cc(OC(=O)c4ccc([N+](=O)[O-])cc4)ccc32)cc1. The van der Waals surface area contributed by atoms with Gasteiger partial charge in [-0.2, -0.15) is 5.26 Å². The molecule has 0 aliphatic carbocycles. The minimum absolute atomic E-state index is 0.0289. The summed E-state index contributed by atoms with van der Waals surface area (Å²) >= 11 is 0. The molecule has 3 aromatic carbocycles. The fraction of sp³-hybridized carbons (Fsp3) is 0.214. The van der Waals surface area contributed by atoms with E-state index >= 15 is 0 Å². The summed E-state index contributed by atoms with van der Waals surface area (Å²) < 4.78 is 16.9. The third-order valence-electron chi connectivity index (χ3n) is 5.94. The highest BCUT2D eigenvalue weighted by Gasteiger charge is 2.31. The first kappa shape index (κ1) is 25.3. The molecule has 1 atom stereocenters. The summed E-state index contributed by atoms with van der Waals surface area (Å²) in [5.74, 6) is 0.121. The maximum absolute atomic E-state index is 12.5. The second kappa shape index (κ2) is 11.3. The van der Waals surface area contributed by atoms with Crippen LogP contribution >= 0.6 is 0 Å². The number of esters is 1. The Morgan fingerprint density at radius 3 is 2.43 bits per heavy atom.